The number of nitrogens with zero attached hydrogens (tertiary/aromatic N) is 4. The second-order valence-corrected chi connectivity index (χ2v) is 8.57. The van der Waals surface area contributed by atoms with Gasteiger partial charge in [-0.25, -0.2) is 13.8 Å². The predicted octanol–water partition coefficient (Wildman–Crippen LogP) is 4.99. The monoisotopic (exact) mass is 470 g/mol. The fourth-order valence-electron chi connectivity index (χ4n) is 4.01. The van der Waals surface area contributed by atoms with E-state index in [0.717, 1.165) is 32.3 Å². The van der Waals surface area contributed by atoms with E-state index in [0.29, 0.717) is 41.7 Å². The van der Waals surface area contributed by atoms with E-state index in [-0.39, 0.29) is 28.8 Å². The van der Waals surface area contributed by atoms with Crippen LogP contribution in [0.5, 0.6) is 11.5 Å². The molecule has 2 aliphatic rings. The summed E-state index contributed by atoms with van der Waals surface area (Å²) in [6.45, 7) is 1.99. The standard InChI is InChI=1S/C24H26F2N5O3/c1-32-17-9-18(33-2)21(26)19(20(17)25)16-8-14-11-28-24(29-15-4-3-7-34-12-15)31-22(14)23(30-16)27-10-13-5-6-13/h8-9,11,13,15H,3-7,10,12H2,1-2H3,(H-,27,28,29,30,31)/q-1. The minimum atomic E-state index is -0.856. The average molecular weight is 471 g/mol. The van der Waals surface area contributed by atoms with Crippen LogP contribution in [0, 0.1) is 17.6 Å². The van der Waals surface area contributed by atoms with E-state index < -0.39 is 11.6 Å². The molecule has 1 aliphatic carbocycles. The molecule has 1 atom stereocenters. The average Bonchev–Trinajstić information content (AvgIpc) is 3.68. The molecular formula is C24H26F2N5O3-. The van der Waals surface area contributed by atoms with Crippen molar-refractivity contribution in [1.82, 2.24) is 15.0 Å². The van der Waals surface area contributed by atoms with Gasteiger partial charge in [0, 0.05) is 36.7 Å². The molecule has 0 radical (unpaired) electrons. The lowest BCUT2D eigenvalue weighted by atomic mass is 10.1. The molecule has 34 heavy (non-hydrogen) atoms. The van der Waals surface area contributed by atoms with Gasteiger partial charge in [-0.1, -0.05) is 0 Å². The van der Waals surface area contributed by atoms with Gasteiger partial charge in [0.2, 0.25) is 0 Å². The predicted molar refractivity (Wildman–Crippen MR) is 124 cm³/mol. The van der Waals surface area contributed by atoms with Gasteiger partial charge in [-0.15, -0.1) is 0 Å². The fourth-order valence-corrected chi connectivity index (χ4v) is 4.01. The summed E-state index contributed by atoms with van der Waals surface area (Å²) in [6, 6.07) is 2.74. The first-order valence-electron chi connectivity index (χ1n) is 11.4. The van der Waals surface area contributed by atoms with Crippen molar-refractivity contribution in [3.05, 3.63) is 35.3 Å². The van der Waals surface area contributed by atoms with E-state index in [2.05, 4.69) is 25.6 Å². The Morgan fingerprint density at radius 3 is 2.50 bits per heavy atom. The Balaban J connectivity index is 1.59. The zero-order chi connectivity index (χ0) is 23.7. The van der Waals surface area contributed by atoms with Crippen molar-refractivity contribution in [2.24, 2.45) is 5.92 Å². The van der Waals surface area contributed by atoms with Crippen molar-refractivity contribution in [1.29, 1.82) is 0 Å². The van der Waals surface area contributed by atoms with Crippen LogP contribution in [0.4, 0.5) is 20.5 Å². The molecule has 2 aromatic heterocycles. The molecule has 8 nitrogen and oxygen atoms in total. The molecule has 180 valence electrons. The number of hydrogen-bond acceptors (Lipinski definition) is 7. The van der Waals surface area contributed by atoms with Crippen molar-refractivity contribution in [2.45, 2.75) is 31.7 Å². The maximum absolute atomic E-state index is 15.2. The molecule has 1 aliphatic heterocycles. The number of rotatable bonds is 8. The minimum absolute atomic E-state index is 0.00810. The van der Waals surface area contributed by atoms with E-state index in [1.807, 2.05) is 0 Å². The Kier molecular flexibility index (Phi) is 6.32. The van der Waals surface area contributed by atoms with Gasteiger partial charge in [-0.05, 0) is 49.3 Å². The molecule has 3 heterocycles. The smallest absolute Gasteiger partial charge is 0.177 e. The van der Waals surface area contributed by atoms with Crippen LogP contribution in [0.3, 0.4) is 0 Å². The van der Waals surface area contributed by atoms with Crippen molar-refractivity contribution in [3.63, 3.8) is 0 Å². The molecule has 0 spiro atoms. The van der Waals surface area contributed by atoms with Gasteiger partial charge in [-0.2, -0.15) is 0 Å². The van der Waals surface area contributed by atoms with Crippen LogP contribution in [-0.2, 0) is 4.74 Å². The Labute approximate surface area is 196 Å². The third kappa shape index (κ3) is 4.54. The van der Waals surface area contributed by atoms with Crippen LogP contribution in [0.15, 0.2) is 18.3 Å². The van der Waals surface area contributed by atoms with E-state index in [1.165, 1.54) is 20.3 Å². The Hall–Kier alpha value is -3.27. The van der Waals surface area contributed by atoms with E-state index in [9.17, 15) is 0 Å². The summed E-state index contributed by atoms with van der Waals surface area (Å²) >= 11 is 0. The second kappa shape index (κ2) is 9.54. The topological polar surface area (TPSA) is 92.5 Å². The van der Waals surface area contributed by atoms with Crippen molar-refractivity contribution in [3.8, 4) is 22.8 Å². The van der Waals surface area contributed by atoms with Gasteiger partial charge in [-0.3, -0.25) is 0 Å². The van der Waals surface area contributed by atoms with Gasteiger partial charge in [0.1, 0.15) is 5.82 Å². The number of halogens is 2. The number of methoxy groups -OCH3 is 2. The summed E-state index contributed by atoms with van der Waals surface area (Å²) in [5, 5.41) is 8.51. The van der Waals surface area contributed by atoms with Crippen molar-refractivity contribution < 1.29 is 23.0 Å². The van der Waals surface area contributed by atoms with Crippen molar-refractivity contribution in [2.75, 3.05) is 39.3 Å². The zero-order valence-electron chi connectivity index (χ0n) is 19.1. The lowest BCUT2D eigenvalue weighted by Crippen LogP contribution is -2.21. The number of ether oxygens (including phenoxy) is 3. The summed E-state index contributed by atoms with van der Waals surface area (Å²) in [5.74, 6) is -0.663. The maximum Gasteiger partial charge on any atom is 0.177 e. The normalized spacial score (nSPS) is 18.1. The molecular weight excluding hydrogens is 444 g/mol. The Morgan fingerprint density at radius 2 is 1.85 bits per heavy atom. The quantitative estimate of drug-likeness (QED) is 0.496. The largest absolute Gasteiger partial charge is 0.494 e. The number of hydrogen-bond donors (Lipinski definition) is 1. The number of nitrogens with one attached hydrogen (secondary N) is 1. The summed E-state index contributed by atoms with van der Waals surface area (Å²) in [6.07, 6.45) is 5.74. The summed E-state index contributed by atoms with van der Waals surface area (Å²) in [4.78, 5) is 13.6. The van der Waals surface area contributed by atoms with Crippen LogP contribution >= 0.6 is 0 Å². The van der Waals surface area contributed by atoms with Crippen LogP contribution in [-0.4, -0.2) is 55.0 Å². The first-order chi connectivity index (χ1) is 16.6. The highest BCUT2D eigenvalue weighted by Crippen LogP contribution is 2.39. The third-order valence-electron chi connectivity index (χ3n) is 6.07. The number of anilines is 1. The fraction of sp³-hybridized carbons (Fsp3) is 0.458. The zero-order valence-corrected chi connectivity index (χ0v) is 19.1. The first kappa shape index (κ1) is 22.5. The van der Waals surface area contributed by atoms with Gasteiger partial charge in [0.05, 0.1) is 32.1 Å². The van der Waals surface area contributed by atoms with E-state index in [4.69, 9.17) is 14.2 Å². The highest BCUT2D eigenvalue weighted by molar-refractivity contribution is 5.92. The number of aromatic nitrogens is 3. The van der Waals surface area contributed by atoms with Crippen LogP contribution < -0.4 is 14.8 Å². The molecule has 1 N–H and O–H groups in total. The minimum Gasteiger partial charge on any atom is -0.494 e. The van der Waals surface area contributed by atoms with Crippen LogP contribution in [0.25, 0.3) is 27.5 Å². The van der Waals surface area contributed by atoms with Crippen LogP contribution in [0.2, 0.25) is 0 Å². The molecule has 0 amide bonds. The molecule has 10 heteroatoms. The molecule has 5 rings (SSSR count). The molecule has 0 bridgehead atoms. The first-order valence-corrected chi connectivity index (χ1v) is 11.4. The summed E-state index contributed by atoms with van der Waals surface area (Å²) < 4.78 is 46.0. The number of pyridine rings is 1. The lowest BCUT2D eigenvalue weighted by Gasteiger charge is -2.27. The molecule has 1 unspecified atom stereocenters. The van der Waals surface area contributed by atoms with E-state index >= 15 is 8.78 Å². The third-order valence-corrected chi connectivity index (χ3v) is 6.07. The van der Waals surface area contributed by atoms with Gasteiger partial charge in [0.25, 0.3) is 0 Å². The van der Waals surface area contributed by atoms with Gasteiger partial charge < -0.3 is 34.8 Å². The highest BCUT2D eigenvalue weighted by Gasteiger charge is 2.25. The molecule has 1 aromatic carbocycles. The number of benzene rings is 1. The maximum atomic E-state index is 15.2. The molecule has 1 saturated heterocycles. The Bertz CT molecular complexity index is 1170. The SMILES string of the molecule is COc1cc(OC)c(F)c(-c2cc3cnc([N-]C4CCCOC4)nc3c(NCC3CC3)n2)c1F. The molecule has 3 aromatic rings. The Morgan fingerprint density at radius 1 is 1.09 bits per heavy atom. The van der Waals surface area contributed by atoms with Gasteiger partial charge in [0.15, 0.2) is 23.1 Å². The second-order valence-electron chi connectivity index (χ2n) is 8.57. The lowest BCUT2D eigenvalue weighted by molar-refractivity contribution is 0.0903. The van der Waals surface area contributed by atoms with E-state index in [1.54, 1.807) is 12.3 Å². The highest BCUT2D eigenvalue weighted by atomic mass is 19.1. The summed E-state index contributed by atoms with van der Waals surface area (Å²) in [7, 11) is 2.62. The number of fused-ring (bicyclic) bond motifs is 1. The molecule has 1 saturated carbocycles. The molecule has 2 fully saturated rings. The van der Waals surface area contributed by atoms with Crippen molar-refractivity contribution >= 4 is 22.7 Å². The van der Waals surface area contributed by atoms with Gasteiger partial charge >= 0.3 is 0 Å². The van der Waals surface area contributed by atoms with Crippen LogP contribution in [0.1, 0.15) is 25.7 Å². The summed E-state index contributed by atoms with van der Waals surface area (Å²) in [5.41, 5.74) is 0.304.